The van der Waals surface area contributed by atoms with E-state index in [1.165, 1.54) is 19.3 Å². The Hall–Kier alpha value is -0.930. The molecule has 0 saturated heterocycles. The first kappa shape index (κ1) is 11.6. The van der Waals surface area contributed by atoms with Crippen LogP contribution in [0.3, 0.4) is 0 Å². The Kier molecular flexibility index (Phi) is 3.56. The second-order valence-corrected chi connectivity index (χ2v) is 4.73. The van der Waals surface area contributed by atoms with Crippen molar-refractivity contribution in [1.82, 2.24) is 5.43 Å². The molecule has 3 N–H and O–H groups in total. The fraction of sp³-hybridized carbons (Fsp3) is 0.538. The van der Waals surface area contributed by atoms with Crippen molar-refractivity contribution in [2.45, 2.75) is 38.6 Å². The summed E-state index contributed by atoms with van der Waals surface area (Å²) in [5, 5.41) is 0. The predicted octanol–water partition coefficient (Wildman–Crippen LogP) is 2.83. The molecule has 1 aliphatic carbocycles. The molecule has 88 valence electrons. The monoisotopic (exact) mass is 222 g/mol. The van der Waals surface area contributed by atoms with Gasteiger partial charge in [-0.3, -0.25) is 11.3 Å². The molecule has 0 amide bonds. The van der Waals surface area contributed by atoms with E-state index >= 15 is 0 Å². The van der Waals surface area contributed by atoms with Gasteiger partial charge in [0.25, 0.3) is 0 Å². The Labute approximate surface area is 96.0 Å². The maximum Gasteiger partial charge on any atom is 0.130 e. The number of hydrazine groups is 1. The Morgan fingerprint density at radius 3 is 2.81 bits per heavy atom. The molecular weight excluding hydrogens is 203 g/mol. The molecule has 16 heavy (non-hydrogen) atoms. The average molecular weight is 222 g/mol. The fourth-order valence-corrected chi connectivity index (χ4v) is 2.29. The summed E-state index contributed by atoms with van der Waals surface area (Å²) in [5.74, 6) is 6.12. The first-order valence-electron chi connectivity index (χ1n) is 5.93. The molecule has 0 heterocycles. The van der Waals surface area contributed by atoms with E-state index in [0.717, 1.165) is 6.42 Å². The van der Waals surface area contributed by atoms with Crippen molar-refractivity contribution < 1.29 is 4.39 Å². The zero-order chi connectivity index (χ0) is 11.5. The summed E-state index contributed by atoms with van der Waals surface area (Å²) in [6.07, 6.45) is 4.76. The number of nitrogens with two attached hydrogens (primary N) is 1. The molecule has 1 fully saturated rings. The SMILES string of the molecule is Cc1cccc(C(CC2CCC2)NN)c1F. The number of rotatable bonds is 4. The molecule has 1 atom stereocenters. The van der Waals surface area contributed by atoms with Gasteiger partial charge >= 0.3 is 0 Å². The molecule has 2 nitrogen and oxygen atoms in total. The van der Waals surface area contributed by atoms with Crippen molar-refractivity contribution in [3.63, 3.8) is 0 Å². The van der Waals surface area contributed by atoms with E-state index in [0.29, 0.717) is 17.0 Å². The van der Waals surface area contributed by atoms with Crippen molar-refractivity contribution in [2.24, 2.45) is 11.8 Å². The number of nitrogens with one attached hydrogen (secondary N) is 1. The minimum atomic E-state index is -0.121. The quantitative estimate of drug-likeness (QED) is 0.607. The van der Waals surface area contributed by atoms with E-state index in [-0.39, 0.29) is 11.9 Å². The molecule has 0 aromatic heterocycles. The molecule has 2 rings (SSSR count). The lowest BCUT2D eigenvalue weighted by Gasteiger charge is -2.29. The van der Waals surface area contributed by atoms with Crippen LogP contribution < -0.4 is 11.3 Å². The van der Waals surface area contributed by atoms with Gasteiger partial charge in [0.2, 0.25) is 0 Å². The molecule has 0 aliphatic heterocycles. The molecule has 1 aromatic carbocycles. The summed E-state index contributed by atoms with van der Waals surface area (Å²) in [5.41, 5.74) is 4.14. The van der Waals surface area contributed by atoms with E-state index in [1.807, 2.05) is 12.1 Å². The molecular formula is C13H19FN2. The summed E-state index contributed by atoms with van der Waals surface area (Å²) in [6, 6.07) is 5.45. The van der Waals surface area contributed by atoms with Crippen LogP contribution in [0, 0.1) is 18.7 Å². The third kappa shape index (κ3) is 2.25. The highest BCUT2D eigenvalue weighted by Crippen LogP contribution is 2.35. The minimum absolute atomic E-state index is 0.0507. The van der Waals surface area contributed by atoms with Gasteiger partial charge in [0.05, 0.1) is 0 Å². The van der Waals surface area contributed by atoms with E-state index in [4.69, 9.17) is 5.84 Å². The van der Waals surface area contributed by atoms with Gasteiger partial charge in [-0.1, -0.05) is 37.5 Å². The lowest BCUT2D eigenvalue weighted by molar-refractivity contribution is 0.259. The molecule has 0 radical (unpaired) electrons. The normalized spacial score (nSPS) is 18.2. The van der Waals surface area contributed by atoms with Gasteiger partial charge < -0.3 is 0 Å². The van der Waals surface area contributed by atoms with Crippen LogP contribution in [0.5, 0.6) is 0 Å². The Balaban J connectivity index is 2.15. The van der Waals surface area contributed by atoms with Crippen molar-refractivity contribution in [1.29, 1.82) is 0 Å². The largest absolute Gasteiger partial charge is 0.271 e. The van der Waals surface area contributed by atoms with Crippen LogP contribution in [0.4, 0.5) is 4.39 Å². The van der Waals surface area contributed by atoms with E-state index < -0.39 is 0 Å². The van der Waals surface area contributed by atoms with Crippen molar-refractivity contribution in [3.8, 4) is 0 Å². The topological polar surface area (TPSA) is 38.0 Å². The van der Waals surface area contributed by atoms with E-state index in [9.17, 15) is 4.39 Å². The van der Waals surface area contributed by atoms with Gasteiger partial charge in [0, 0.05) is 11.6 Å². The zero-order valence-electron chi connectivity index (χ0n) is 9.67. The van der Waals surface area contributed by atoms with E-state index in [1.54, 1.807) is 13.0 Å². The summed E-state index contributed by atoms with van der Waals surface area (Å²) in [7, 11) is 0. The maximum atomic E-state index is 13.9. The van der Waals surface area contributed by atoms with Gasteiger partial charge in [-0.25, -0.2) is 4.39 Å². The lowest BCUT2D eigenvalue weighted by Crippen LogP contribution is -2.31. The first-order valence-corrected chi connectivity index (χ1v) is 5.93. The second kappa shape index (κ2) is 4.93. The van der Waals surface area contributed by atoms with Crippen molar-refractivity contribution in [3.05, 3.63) is 35.1 Å². The van der Waals surface area contributed by atoms with Crippen LogP contribution >= 0.6 is 0 Å². The van der Waals surface area contributed by atoms with Crippen LogP contribution in [0.1, 0.15) is 42.9 Å². The fourth-order valence-electron chi connectivity index (χ4n) is 2.29. The predicted molar refractivity (Wildman–Crippen MR) is 63.2 cm³/mol. The number of hydrogen-bond acceptors (Lipinski definition) is 2. The highest BCUT2D eigenvalue weighted by molar-refractivity contribution is 5.27. The molecule has 0 bridgehead atoms. The molecule has 1 saturated carbocycles. The summed E-state index contributed by atoms with van der Waals surface area (Å²) in [4.78, 5) is 0. The molecule has 1 unspecified atom stereocenters. The highest BCUT2D eigenvalue weighted by atomic mass is 19.1. The Morgan fingerprint density at radius 2 is 2.25 bits per heavy atom. The Morgan fingerprint density at radius 1 is 1.50 bits per heavy atom. The number of halogens is 1. The van der Waals surface area contributed by atoms with Gasteiger partial charge in [0.15, 0.2) is 0 Å². The van der Waals surface area contributed by atoms with Gasteiger partial charge in [-0.05, 0) is 24.8 Å². The van der Waals surface area contributed by atoms with Gasteiger partial charge in [0.1, 0.15) is 5.82 Å². The minimum Gasteiger partial charge on any atom is -0.271 e. The first-order chi connectivity index (χ1) is 7.72. The summed E-state index contributed by atoms with van der Waals surface area (Å²) < 4.78 is 13.9. The third-order valence-electron chi connectivity index (χ3n) is 3.59. The molecule has 1 aromatic rings. The number of aryl methyl sites for hydroxylation is 1. The van der Waals surface area contributed by atoms with Crippen LogP contribution in [-0.4, -0.2) is 0 Å². The van der Waals surface area contributed by atoms with Crippen LogP contribution in [0.2, 0.25) is 0 Å². The maximum absolute atomic E-state index is 13.9. The van der Waals surface area contributed by atoms with Crippen LogP contribution in [0.15, 0.2) is 18.2 Å². The standard InChI is InChI=1S/C13H19FN2/c1-9-4-2-7-11(13(9)14)12(16-15)8-10-5-3-6-10/h2,4,7,10,12,16H,3,5-6,8,15H2,1H3. The summed E-state index contributed by atoms with van der Waals surface area (Å²) in [6.45, 7) is 1.79. The van der Waals surface area contributed by atoms with E-state index in [2.05, 4.69) is 5.43 Å². The van der Waals surface area contributed by atoms with Crippen LogP contribution in [0.25, 0.3) is 0 Å². The molecule has 0 spiro atoms. The molecule has 3 heteroatoms. The number of benzene rings is 1. The third-order valence-corrected chi connectivity index (χ3v) is 3.59. The Bertz CT molecular complexity index is 361. The second-order valence-electron chi connectivity index (χ2n) is 4.73. The average Bonchev–Trinajstić information content (AvgIpc) is 2.22. The number of hydrogen-bond donors (Lipinski definition) is 2. The van der Waals surface area contributed by atoms with Crippen molar-refractivity contribution >= 4 is 0 Å². The smallest absolute Gasteiger partial charge is 0.130 e. The highest BCUT2D eigenvalue weighted by Gasteiger charge is 2.24. The molecule has 1 aliphatic rings. The van der Waals surface area contributed by atoms with Crippen molar-refractivity contribution in [2.75, 3.05) is 0 Å². The zero-order valence-corrected chi connectivity index (χ0v) is 9.67. The lowest BCUT2D eigenvalue weighted by atomic mass is 9.79. The van der Waals surface area contributed by atoms with Gasteiger partial charge in [-0.2, -0.15) is 0 Å². The summed E-state index contributed by atoms with van der Waals surface area (Å²) >= 11 is 0. The van der Waals surface area contributed by atoms with Gasteiger partial charge in [-0.15, -0.1) is 0 Å². The van der Waals surface area contributed by atoms with Crippen LogP contribution in [-0.2, 0) is 0 Å².